The Kier molecular flexibility index (Phi) is 5.45. The highest BCUT2D eigenvalue weighted by Crippen LogP contribution is 2.18. The van der Waals surface area contributed by atoms with Crippen LogP contribution in [0.2, 0.25) is 0 Å². The lowest BCUT2D eigenvalue weighted by Crippen LogP contribution is -2.46. The van der Waals surface area contributed by atoms with Gasteiger partial charge in [-0.1, -0.05) is 12.8 Å². The second-order valence-corrected chi connectivity index (χ2v) is 4.31. The van der Waals surface area contributed by atoms with Crippen LogP contribution in [-0.2, 0) is 4.74 Å². The minimum Gasteiger partial charge on any atom is -0.392 e. The maximum atomic E-state index is 9.75. The monoisotopic (exact) mass is 201 g/mol. The molecule has 1 saturated carbocycles. The molecule has 14 heavy (non-hydrogen) atoms. The van der Waals surface area contributed by atoms with Gasteiger partial charge in [0.15, 0.2) is 0 Å². The number of ether oxygens (including phenoxy) is 1. The van der Waals surface area contributed by atoms with E-state index in [-0.39, 0.29) is 6.10 Å². The van der Waals surface area contributed by atoms with Gasteiger partial charge in [0.2, 0.25) is 0 Å². The number of aliphatic hydroxyl groups is 1. The fourth-order valence-electron chi connectivity index (χ4n) is 2.05. The maximum Gasteiger partial charge on any atom is 0.0693 e. The van der Waals surface area contributed by atoms with Crippen LogP contribution in [0, 0.1) is 0 Å². The van der Waals surface area contributed by atoms with E-state index in [4.69, 9.17) is 4.74 Å². The molecule has 0 bridgehead atoms. The molecule has 0 aromatic heterocycles. The average molecular weight is 201 g/mol. The van der Waals surface area contributed by atoms with E-state index in [9.17, 15) is 5.11 Å². The molecule has 1 rings (SSSR count). The van der Waals surface area contributed by atoms with Crippen molar-refractivity contribution >= 4 is 0 Å². The van der Waals surface area contributed by atoms with Crippen molar-refractivity contribution in [1.29, 1.82) is 0 Å². The second kappa shape index (κ2) is 6.38. The molecule has 3 atom stereocenters. The molecule has 1 unspecified atom stereocenters. The summed E-state index contributed by atoms with van der Waals surface area (Å²) >= 11 is 0. The number of nitrogens with one attached hydrogen (secondary N) is 1. The van der Waals surface area contributed by atoms with Crippen molar-refractivity contribution in [2.45, 2.75) is 57.2 Å². The summed E-state index contributed by atoms with van der Waals surface area (Å²) in [6.07, 6.45) is 5.35. The summed E-state index contributed by atoms with van der Waals surface area (Å²) in [7, 11) is 1.72. The Bertz CT molecular complexity index is 152. The summed E-state index contributed by atoms with van der Waals surface area (Å²) < 4.78 is 5.03. The van der Waals surface area contributed by atoms with Crippen LogP contribution >= 0.6 is 0 Å². The molecule has 2 N–H and O–H groups in total. The Morgan fingerprint density at radius 3 is 2.79 bits per heavy atom. The van der Waals surface area contributed by atoms with E-state index in [0.29, 0.717) is 12.1 Å². The summed E-state index contributed by atoms with van der Waals surface area (Å²) in [6.45, 7) is 2.94. The third-order valence-electron chi connectivity index (χ3n) is 2.98. The number of hydrogen-bond donors (Lipinski definition) is 2. The lowest BCUT2D eigenvalue weighted by Gasteiger charge is -2.31. The van der Waals surface area contributed by atoms with Gasteiger partial charge in [-0.05, 0) is 26.2 Å². The Morgan fingerprint density at radius 1 is 1.43 bits per heavy atom. The van der Waals surface area contributed by atoms with Gasteiger partial charge in [0.25, 0.3) is 0 Å². The highest BCUT2D eigenvalue weighted by atomic mass is 16.5. The first-order chi connectivity index (χ1) is 6.74. The molecule has 3 nitrogen and oxygen atoms in total. The van der Waals surface area contributed by atoms with Gasteiger partial charge in [0, 0.05) is 25.8 Å². The lowest BCUT2D eigenvalue weighted by molar-refractivity contribution is 0.0823. The fraction of sp³-hybridized carbons (Fsp3) is 1.00. The summed E-state index contributed by atoms with van der Waals surface area (Å²) in [5.41, 5.74) is 0. The molecule has 1 aliphatic rings. The van der Waals surface area contributed by atoms with Crippen molar-refractivity contribution < 1.29 is 9.84 Å². The second-order valence-electron chi connectivity index (χ2n) is 4.31. The molecule has 0 heterocycles. The predicted molar refractivity (Wildman–Crippen MR) is 57.4 cm³/mol. The summed E-state index contributed by atoms with van der Waals surface area (Å²) in [5.74, 6) is 0. The maximum absolute atomic E-state index is 9.75. The zero-order chi connectivity index (χ0) is 10.4. The van der Waals surface area contributed by atoms with Crippen molar-refractivity contribution in [1.82, 2.24) is 5.32 Å². The number of rotatable bonds is 5. The molecular formula is C11H23NO2. The number of methoxy groups -OCH3 is 1. The molecule has 1 fully saturated rings. The molecule has 0 saturated heterocycles. The van der Waals surface area contributed by atoms with Crippen molar-refractivity contribution in [2.24, 2.45) is 0 Å². The van der Waals surface area contributed by atoms with E-state index in [1.165, 1.54) is 12.8 Å². The normalized spacial score (nSPS) is 30.2. The van der Waals surface area contributed by atoms with Gasteiger partial charge in [-0.2, -0.15) is 0 Å². The lowest BCUT2D eigenvalue weighted by atomic mass is 9.92. The Hall–Kier alpha value is -0.120. The van der Waals surface area contributed by atoms with E-state index in [1.54, 1.807) is 7.11 Å². The Labute approximate surface area is 86.8 Å². The van der Waals surface area contributed by atoms with Gasteiger partial charge < -0.3 is 15.2 Å². The summed E-state index contributed by atoms with van der Waals surface area (Å²) in [6, 6.07) is 0.739. The average Bonchev–Trinajstić information content (AvgIpc) is 2.18. The molecule has 84 valence electrons. The summed E-state index contributed by atoms with van der Waals surface area (Å²) in [4.78, 5) is 0. The Morgan fingerprint density at radius 2 is 2.14 bits per heavy atom. The van der Waals surface area contributed by atoms with E-state index in [0.717, 1.165) is 25.9 Å². The van der Waals surface area contributed by atoms with Crippen LogP contribution in [0.1, 0.15) is 39.0 Å². The minimum atomic E-state index is -0.145. The van der Waals surface area contributed by atoms with E-state index >= 15 is 0 Å². The molecule has 0 aliphatic heterocycles. The highest BCUT2D eigenvalue weighted by Gasteiger charge is 2.23. The Balaban J connectivity index is 2.20. The van der Waals surface area contributed by atoms with Crippen molar-refractivity contribution in [3.05, 3.63) is 0 Å². The first-order valence-electron chi connectivity index (χ1n) is 5.67. The van der Waals surface area contributed by atoms with E-state index < -0.39 is 0 Å². The third kappa shape index (κ3) is 3.95. The molecule has 1 aliphatic carbocycles. The smallest absolute Gasteiger partial charge is 0.0693 e. The molecule has 3 heteroatoms. The van der Waals surface area contributed by atoms with Crippen LogP contribution in [0.25, 0.3) is 0 Å². The molecule has 0 radical (unpaired) electrons. The van der Waals surface area contributed by atoms with Crippen molar-refractivity contribution in [3.8, 4) is 0 Å². The standard InChI is InChI=1S/C11H23NO2/c1-9(7-8-14-2)12-10-5-3-4-6-11(10)13/h9-13H,3-8H2,1-2H3/t9?,10-,11-/m0/s1. The van der Waals surface area contributed by atoms with Crippen LogP contribution in [-0.4, -0.2) is 37.0 Å². The SMILES string of the molecule is COCCC(C)N[C@H]1CCCC[C@@H]1O. The zero-order valence-corrected chi connectivity index (χ0v) is 9.33. The van der Waals surface area contributed by atoms with Crippen LogP contribution < -0.4 is 5.32 Å². The zero-order valence-electron chi connectivity index (χ0n) is 9.33. The van der Waals surface area contributed by atoms with Gasteiger partial charge in [0.05, 0.1) is 6.10 Å². The fourth-order valence-corrected chi connectivity index (χ4v) is 2.05. The van der Waals surface area contributed by atoms with E-state index in [2.05, 4.69) is 12.2 Å². The van der Waals surface area contributed by atoms with Gasteiger partial charge in [-0.25, -0.2) is 0 Å². The van der Waals surface area contributed by atoms with Crippen LogP contribution in [0.4, 0.5) is 0 Å². The van der Waals surface area contributed by atoms with Crippen LogP contribution in [0.3, 0.4) is 0 Å². The minimum absolute atomic E-state index is 0.145. The van der Waals surface area contributed by atoms with Crippen molar-refractivity contribution in [2.75, 3.05) is 13.7 Å². The molecule has 0 aromatic carbocycles. The van der Waals surface area contributed by atoms with Gasteiger partial charge in [-0.15, -0.1) is 0 Å². The molecule has 0 aromatic rings. The van der Waals surface area contributed by atoms with Crippen molar-refractivity contribution in [3.63, 3.8) is 0 Å². The molecular weight excluding hydrogens is 178 g/mol. The third-order valence-corrected chi connectivity index (χ3v) is 2.98. The van der Waals surface area contributed by atoms with Gasteiger partial charge in [-0.3, -0.25) is 0 Å². The van der Waals surface area contributed by atoms with E-state index in [1.807, 2.05) is 0 Å². The van der Waals surface area contributed by atoms with Crippen LogP contribution in [0.15, 0.2) is 0 Å². The van der Waals surface area contributed by atoms with Crippen LogP contribution in [0.5, 0.6) is 0 Å². The molecule has 0 spiro atoms. The largest absolute Gasteiger partial charge is 0.392 e. The first-order valence-corrected chi connectivity index (χ1v) is 5.67. The topological polar surface area (TPSA) is 41.5 Å². The highest BCUT2D eigenvalue weighted by molar-refractivity contribution is 4.82. The quantitative estimate of drug-likeness (QED) is 0.704. The summed E-state index contributed by atoms with van der Waals surface area (Å²) in [5, 5.41) is 13.2. The van der Waals surface area contributed by atoms with Gasteiger partial charge in [0.1, 0.15) is 0 Å². The molecule has 0 amide bonds. The van der Waals surface area contributed by atoms with Gasteiger partial charge >= 0.3 is 0 Å². The number of hydrogen-bond acceptors (Lipinski definition) is 3. The number of aliphatic hydroxyl groups excluding tert-OH is 1. The predicted octanol–water partition coefficient (Wildman–Crippen LogP) is 1.30. The first kappa shape index (κ1) is 12.0.